The van der Waals surface area contributed by atoms with Crippen LogP contribution in [0.2, 0.25) is 0 Å². The third kappa shape index (κ3) is 3.10. The van der Waals surface area contributed by atoms with E-state index >= 15 is 0 Å². The number of rotatable bonds is 5. The third-order valence-corrected chi connectivity index (χ3v) is 3.98. The standard InChI is InChI=1S/C19H17NO5/c1-23-15-10-8-14(9-11-15)16-20-19(17(21)24-2,18(22)25-16)12-13-6-4-3-5-7-13/h3-11H,12H2,1-2H3/t19-/m1/s1. The Morgan fingerprint density at radius 1 is 1.08 bits per heavy atom. The summed E-state index contributed by atoms with van der Waals surface area (Å²) >= 11 is 0. The van der Waals surface area contributed by atoms with Crippen molar-refractivity contribution < 1.29 is 23.8 Å². The number of cyclic esters (lactones) is 1. The molecule has 0 aliphatic carbocycles. The molecule has 1 aliphatic rings. The van der Waals surface area contributed by atoms with Crippen LogP contribution < -0.4 is 4.74 Å². The van der Waals surface area contributed by atoms with E-state index in [0.29, 0.717) is 11.3 Å². The molecule has 0 saturated heterocycles. The van der Waals surface area contributed by atoms with Gasteiger partial charge < -0.3 is 14.2 Å². The van der Waals surface area contributed by atoms with E-state index in [0.717, 1.165) is 5.56 Å². The lowest BCUT2D eigenvalue weighted by Crippen LogP contribution is -2.45. The van der Waals surface area contributed by atoms with E-state index in [2.05, 4.69) is 4.99 Å². The fourth-order valence-corrected chi connectivity index (χ4v) is 2.64. The van der Waals surface area contributed by atoms with E-state index in [1.165, 1.54) is 7.11 Å². The Hall–Kier alpha value is -3.15. The highest BCUT2D eigenvalue weighted by Crippen LogP contribution is 2.29. The maximum absolute atomic E-state index is 12.5. The second-order valence-electron chi connectivity index (χ2n) is 5.55. The summed E-state index contributed by atoms with van der Waals surface area (Å²) in [5.41, 5.74) is -0.372. The Morgan fingerprint density at radius 2 is 1.76 bits per heavy atom. The largest absolute Gasteiger partial charge is 0.497 e. The number of benzene rings is 2. The monoisotopic (exact) mass is 339 g/mol. The molecule has 2 aromatic carbocycles. The second-order valence-corrected chi connectivity index (χ2v) is 5.55. The first-order valence-corrected chi connectivity index (χ1v) is 7.68. The summed E-state index contributed by atoms with van der Waals surface area (Å²) in [6.07, 6.45) is 0.0685. The lowest BCUT2D eigenvalue weighted by molar-refractivity contribution is -0.155. The van der Waals surface area contributed by atoms with E-state index < -0.39 is 17.5 Å². The molecule has 6 heteroatoms. The van der Waals surface area contributed by atoms with Crippen LogP contribution in [-0.2, 0) is 25.5 Å². The van der Waals surface area contributed by atoms with E-state index in [1.54, 1.807) is 31.4 Å². The molecule has 0 fully saturated rings. The molecule has 1 atom stereocenters. The van der Waals surface area contributed by atoms with Gasteiger partial charge in [0.2, 0.25) is 5.90 Å². The maximum atomic E-state index is 12.5. The van der Waals surface area contributed by atoms with Gasteiger partial charge in [-0.2, -0.15) is 0 Å². The van der Waals surface area contributed by atoms with Gasteiger partial charge >= 0.3 is 11.9 Å². The smallest absolute Gasteiger partial charge is 0.353 e. The molecular weight excluding hydrogens is 322 g/mol. The zero-order valence-electron chi connectivity index (χ0n) is 13.9. The van der Waals surface area contributed by atoms with Gasteiger partial charge in [0.25, 0.3) is 5.54 Å². The summed E-state index contributed by atoms with van der Waals surface area (Å²) < 4.78 is 15.2. The molecule has 0 unspecified atom stereocenters. The van der Waals surface area contributed by atoms with Gasteiger partial charge in [0, 0.05) is 12.0 Å². The van der Waals surface area contributed by atoms with Crippen molar-refractivity contribution in [1.82, 2.24) is 0 Å². The number of carbonyl (C=O) groups excluding carboxylic acids is 2. The number of methoxy groups -OCH3 is 2. The molecule has 0 amide bonds. The normalized spacial score (nSPS) is 19.1. The lowest BCUT2D eigenvalue weighted by Gasteiger charge is -2.18. The average molecular weight is 339 g/mol. The number of ether oxygens (including phenoxy) is 3. The summed E-state index contributed by atoms with van der Waals surface area (Å²) in [6.45, 7) is 0. The second kappa shape index (κ2) is 6.76. The van der Waals surface area contributed by atoms with Crippen LogP contribution in [0.1, 0.15) is 11.1 Å². The van der Waals surface area contributed by atoms with Gasteiger partial charge in [-0.25, -0.2) is 14.6 Å². The fourth-order valence-electron chi connectivity index (χ4n) is 2.64. The lowest BCUT2D eigenvalue weighted by atomic mass is 9.92. The SMILES string of the molecule is COC(=O)[C@@]1(Cc2ccccc2)N=C(c2ccc(OC)cc2)OC1=O. The van der Waals surface area contributed by atoms with Crippen molar-refractivity contribution in [2.24, 2.45) is 4.99 Å². The predicted octanol–water partition coefficient (Wildman–Crippen LogP) is 2.15. The molecule has 0 spiro atoms. The Labute approximate surface area is 145 Å². The van der Waals surface area contributed by atoms with Gasteiger partial charge in [0.05, 0.1) is 14.2 Å². The predicted molar refractivity (Wildman–Crippen MR) is 90.5 cm³/mol. The molecule has 2 aromatic rings. The minimum atomic E-state index is -1.73. The minimum absolute atomic E-state index is 0.0685. The van der Waals surface area contributed by atoms with Crippen LogP contribution >= 0.6 is 0 Å². The highest BCUT2D eigenvalue weighted by Gasteiger charge is 2.54. The molecule has 0 saturated carbocycles. The van der Waals surface area contributed by atoms with Crippen LogP contribution in [-0.4, -0.2) is 37.6 Å². The highest BCUT2D eigenvalue weighted by atomic mass is 16.6. The zero-order chi connectivity index (χ0) is 17.9. The van der Waals surface area contributed by atoms with Crippen LogP contribution in [0.3, 0.4) is 0 Å². The summed E-state index contributed by atoms with van der Waals surface area (Å²) in [7, 11) is 2.79. The fraction of sp³-hybridized carbons (Fsp3) is 0.211. The number of esters is 2. The van der Waals surface area contributed by atoms with E-state index in [4.69, 9.17) is 14.2 Å². The first-order valence-electron chi connectivity index (χ1n) is 7.68. The molecule has 1 heterocycles. The van der Waals surface area contributed by atoms with Crippen molar-refractivity contribution in [3.63, 3.8) is 0 Å². The Morgan fingerprint density at radius 3 is 2.36 bits per heavy atom. The number of hydrogen-bond acceptors (Lipinski definition) is 6. The molecule has 1 aliphatic heterocycles. The van der Waals surface area contributed by atoms with Gasteiger partial charge in [-0.1, -0.05) is 30.3 Å². The summed E-state index contributed by atoms with van der Waals surface area (Å²) in [6, 6.07) is 16.0. The first-order chi connectivity index (χ1) is 12.1. The van der Waals surface area contributed by atoms with Crippen LogP contribution in [0.15, 0.2) is 59.6 Å². The van der Waals surface area contributed by atoms with Crippen LogP contribution in [0.25, 0.3) is 0 Å². The average Bonchev–Trinajstić information content (AvgIpc) is 2.99. The summed E-state index contributed by atoms with van der Waals surface area (Å²) in [4.78, 5) is 29.2. The number of aliphatic imine (C=N–C) groups is 1. The number of carbonyl (C=O) groups is 2. The van der Waals surface area contributed by atoms with Gasteiger partial charge in [0.15, 0.2) is 0 Å². The quantitative estimate of drug-likeness (QED) is 0.616. The Kier molecular flexibility index (Phi) is 4.52. The van der Waals surface area contributed by atoms with E-state index in [-0.39, 0.29) is 12.3 Å². The minimum Gasteiger partial charge on any atom is -0.497 e. The van der Waals surface area contributed by atoms with Gasteiger partial charge in [-0.15, -0.1) is 0 Å². The third-order valence-electron chi connectivity index (χ3n) is 3.98. The summed E-state index contributed by atoms with van der Waals surface area (Å²) in [5, 5.41) is 0. The van der Waals surface area contributed by atoms with Gasteiger partial charge in [-0.3, -0.25) is 0 Å². The summed E-state index contributed by atoms with van der Waals surface area (Å²) in [5.74, 6) is -0.731. The first kappa shape index (κ1) is 16.7. The van der Waals surface area contributed by atoms with Crippen LogP contribution in [0, 0.1) is 0 Å². The van der Waals surface area contributed by atoms with Crippen molar-refractivity contribution in [2.75, 3.05) is 14.2 Å². The van der Waals surface area contributed by atoms with Crippen LogP contribution in [0.5, 0.6) is 5.75 Å². The molecule has 3 rings (SSSR count). The number of hydrogen-bond donors (Lipinski definition) is 0. The zero-order valence-corrected chi connectivity index (χ0v) is 13.9. The maximum Gasteiger partial charge on any atom is 0.353 e. The van der Waals surface area contributed by atoms with Crippen LogP contribution in [0.4, 0.5) is 0 Å². The Balaban J connectivity index is 2.00. The van der Waals surface area contributed by atoms with Crippen molar-refractivity contribution in [3.05, 3.63) is 65.7 Å². The van der Waals surface area contributed by atoms with Crippen molar-refractivity contribution >= 4 is 17.8 Å². The van der Waals surface area contributed by atoms with Gasteiger partial charge in [-0.05, 0) is 29.8 Å². The molecule has 25 heavy (non-hydrogen) atoms. The van der Waals surface area contributed by atoms with E-state index in [9.17, 15) is 9.59 Å². The molecule has 0 bridgehead atoms. The molecule has 0 radical (unpaired) electrons. The molecule has 0 aromatic heterocycles. The Bertz CT molecular complexity index is 813. The molecule has 6 nitrogen and oxygen atoms in total. The molecule has 128 valence electrons. The molecule has 0 N–H and O–H groups in total. The number of nitrogens with zero attached hydrogens (tertiary/aromatic N) is 1. The highest BCUT2D eigenvalue weighted by molar-refractivity contribution is 6.17. The van der Waals surface area contributed by atoms with Crippen molar-refractivity contribution in [1.29, 1.82) is 0 Å². The van der Waals surface area contributed by atoms with Gasteiger partial charge in [0.1, 0.15) is 5.75 Å². The van der Waals surface area contributed by atoms with Crippen molar-refractivity contribution in [3.8, 4) is 5.75 Å². The topological polar surface area (TPSA) is 74.2 Å². The van der Waals surface area contributed by atoms with Crippen molar-refractivity contribution in [2.45, 2.75) is 12.0 Å². The molecular formula is C19H17NO5. The van der Waals surface area contributed by atoms with E-state index in [1.807, 2.05) is 30.3 Å².